The topological polar surface area (TPSA) is 114 Å². The summed E-state index contributed by atoms with van der Waals surface area (Å²) in [5, 5.41) is 20.3. The number of thioether (sulfide) groups is 1. The molecule has 11 heteroatoms. The molecule has 9 nitrogen and oxygen atoms in total. The SMILES string of the molecule is Cc1cccn2c(C)c(/C(O)=C3\C(=O)C(=O)N(c4nnc(SCc5ccccc5)s4)C3c3cccnc3)nc12. The van der Waals surface area contributed by atoms with Crippen LogP contribution in [0.3, 0.4) is 0 Å². The summed E-state index contributed by atoms with van der Waals surface area (Å²) in [6, 6.07) is 16.3. The fraction of sp³-hybridized carbons (Fsp3) is 0.143. The van der Waals surface area contributed by atoms with Gasteiger partial charge < -0.3 is 9.51 Å². The van der Waals surface area contributed by atoms with Gasteiger partial charge in [-0.3, -0.25) is 19.5 Å². The number of aliphatic hydroxyl groups is 1. The first-order valence-electron chi connectivity index (χ1n) is 12.1. The van der Waals surface area contributed by atoms with E-state index in [9.17, 15) is 14.7 Å². The van der Waals surface area contributed by atoms with Crippen LogP contribution in [-0.4, -0.2) is 41.4 Å². The summed E-state index contributed by atoms with van der Waals surface area (Å²) >= 11 is 2.72. The number of fused-ring (bicyclic) bond motifs is 1. The van der Waals surface area contributed by atoms with Crippen molar-refractivity contribution in [3.63, 3.8) is 0 Å². The maximum atomic E-state index is 13.5. The Labute approximate surface area is 231 Å². The Bertz CT molecular complexity index is 1750. The van der Waals surface area contributed by atoms with Gasteiger partial charge in [0.05, 0.1) is 17.3 Å². The summed E-state index contributed by atoms with van der Waals surface area (Å²) in [4.78, 5) is 37.1. The molecule has 0 saturated carbocycles. The molecule has 1 aromatic carbocycles. The maximum absolute atomic E-state index is 13.5. The Kier molecular flexibility index (Phi) is 6.45. The van der Waals surface area contributed by atoms with Gasteiger partial charge in [0.1, 0.15) is 11.3 Å². The van der Waals surface area contributed by atoms with Gasteiger partial charge in [0.2, 0.25) is 5.13 Å². The summed E-state index contributed by atoms with van der Waals surface area (Å²) in [5.74, 6) is -1.26. The first kappa shape index (κ1) is 25.0. The third kappa shape index (κ3) is 4.39. The molecule has 5 aromatic rings. The van der Waals surface area contributed by atoms with Crippen LogP contribution in [0.25, 0.3) is 11.4 Å². The molecule has 0 bridgehead atoms. The number of aliphatic hydroxyl groups excluding tert-OH is 1. The molecule has 0 spiro atoms. The number of imidazole rings is 1. The lowest BCUT2D eigenvalue weighted by molar-refractivity contribution is -0.132. The number of carbonyl (C=O) groups is 2. The molecule has 1 atom stereocenters. The van der Waals surface area contributed by atoms with Gasteiger partial charge in [-0.15, -0.1) is 10.2 Å². The van der Waals surface area contributed by atoms with E-state index in [-0.39, 0.29) is 22.2 Å². The minimum Gasteiger partial charge on any atom is -0.505 e. The van der Waals surface area contributed by atoms with Crippen molar-refractivity contribution in [1.82, 2.24) is 24.6 Å². The van der Waals surface area contributed by atoms with E-state index >= 15 is 0 Å². The van der Waals surface area contributed by atoms with E-state index in [2.05, 4.69) is 20.2 Å². The van der Waals surface area contributed by atoms with E-state index in [1.54, 1.807) is 24.5 Å². The van der Waals surface area contributed by atoms with E-state index in [1.165, 1.54) is 28.0 Å². The molecule has 1 unspecified atom stereocenters. The first-order chi connectivity index (χ1) is 18.9. The summed E-state index contributed by atoms with van der Waals surface area (Å²) < 4.78 is 2.51. The van der Waals surface area contributed by atoms with Crippen LogP contribution in [-0.2, 0) is 15.3 Å². The predicted octanol–water partition coefficient (Wildman–Crippen LogP) is 5.12. The molecule has 1 aliphatic rings. The van der Waals surface area contributed by atoms with Crippen molar-refractivity contribution in [2.75, 3.05) is 4.90 Å². The second-order valence-electron chi connectivity index (χ2n) is 9.01. The molecule has 1 aliphatic heterocycles. The van der Waals surface area contributed by atoms with Gasteiger partial charge in [0, 0.05) is 24.3 Å². The van der Waals surface area contributed by atoms with E-state index in [1.807, 2.05) is 66.9 Å². The smallest absolute Gasteiger partial charge is 0.301 e. The third-order valence-corrected chi connectivity index (χ3v) is 8.69. The van der Waals surface area contributed by atoms with Crippen molar-refractivity contribution >= 4 is 51.3 Å². The maximum Gasteiger partial charge on any atom is 0.301 e. The Morgan fingerprint density at radius 3 is 2.62 bits per heavy atom. The van der Waals surface area contributed by atoms with Crippen LogP contribution < -0.4 is 4.90 Å². The van der Waals surface area contributed by atoms with E-state index in [4.69, 9.17) is 0 Å². The van der Waals surface area contributed by atoms with Crippen molar-refractivity contribution in [3.8, 4) is 0 Å². The Morgan fingerprint density at radius 2 is 1.87 bits per heavy atom. The number of aryl methyl sites for hydroxylation is 2. The molecular formula is C28H22N6O3S2. The number of anilines is 1. The summed E-state index contributed by atoms with van der Waals surface area (Å²) in [7, 11) is 0. The molecule has 0 aliphatic carbocycles. The van der Waals surface area contributed by atoms with Crippen molar-refractivity contribution in [2.45, 2.75) is 30.0 Å². The number of ketones is 1. The van der Waals surface area contributed by atoms with Crippen molar-refractivity contribution < 1.29 is 14.7 Å². The number of aromatic nitrogens is 5. The Morgan fingerprint density at radius 1 is 1.05 bits per heavy atom. The number of benzene rings is 1. The summed E-state index contributed by atoms with van der Waals surface area (Å²) in [5.41, 5.74) is 4.10. The number of nitrogens with zero attached hydrogens (tertiary/aromatic N) is 6. The molecule has 4 aromatic heterocycles. The Balaban J connectivity index is 1.44. The minimum absolute atomic E-state index is 0.0640. The van der Waals surface area contributed by atoms with Crippen LogP contribution in [0.1, 0.15) is 34.1 Å². The minimum atomic E-state index is -0.941. The predicted molar refractivity (Wildman–Crippen MR) is 150 cm³/mol. The van der Waals surface area contributed by atoms with Crippen LogP contribution in [0.5, 0.6) is 0 Å². The lowest BCUT2D eigenvalue weighted by atomic mass is 9.98. The number of rotatable bonds is 6. The van der Waals surface area contributed by atoms with Gasteiger partial charge in [-0.25, -0.2) is 4.98 Å². The monoisotopic (exact) mass is 554 g/mol. The highest BCUT2D eigenvalue weighted by atomic mass is 32.2. The Hall–Kier alpha value is -4.35. The van der Waals surface area contributed by atoms with E-state index in [0.717, 1.165) is 11.1 Å². The largest absolute Gasteiger partial charge is 0.505 e. The van der Waals surface area contributed by atoms with Gasteiger partial charge in [0.25, 0.3) is 5.78 Å². The number of amides is 1. The number of pyridine rings is 2. The van der Waals surface area contributed by atoms with Crippen LogP contribution >= 0.6 is 23.1 Å². The van der Waals surface area contributed by atoms with Crippen molar-refractivity contribution in [1.29, 1.82) is 0 Å². The summed E-state index contributed by atoms with van der Waals surface area (Å²) in [6.07, 6.45) is 5.02. The number of Topliss-reactive ketones (excluding diaryl/α,β-unsaturated/α-hetero) is 1. The van der Waals surface area contributed by atoms with Crippen molar-refractivity contribution in [3.05, 3.63) is 107 Å². The molecule has 39 heavy (non-hydrogen) atoms. The average Bonchev–Trinajstić information content (AvgIpc) is 3.64. The highest BCUT2D eigenvalue weighted by molar-refractivity contribution is 8.00. The van der Waals surface area contributed by atoms with Crippen LogP contribution in [0.2, 0.25) is 0 Å². The fourth-order valence-corrected chi connectivity index (χ4v) is 6.46. The quantitative estimate of drug-likeness (QED) is 0.101. The lowest BCUT2D eigenvalue weighted by Crippen LogP contribution is -2.29. The zero-order chi connectivity index (χ0) is 27.1. The second kappa shape index (κ2) is 10.1. The highest BCUT2D eigenvalue weighted by Gasteiger charge is 2.49. The van der Waals surface area contributed by atoms with Gasteiger partial charge in [0.15, 0.2) is 10.1 Å². The van der Waals surface area contributed by atoms with Gasteiger partial charge in [-0.05, 0) is 42.7 Å². The third-order valence-electron chi connectivity index (χ3n) is 6.56. The molecule has 0 radical (unpaired) electrons. The fourth-order valence-electron chi connectivity index (χ4n) is 4.63. The van der Waals surface area contributed by atoms with Crippen LogP contribution in [0, 0.1) is 13.8 Å². The van der Waals surface area contributed by atoms with Gasteiger partial charge in [-0.1, -0.05) is 65.6 Å². The number of hydrogen-bond donors (Lipinski definition) is 1. The standard InChI is InChI=1S/C28H22N6O3S2/c1-16-8-7-13-33-17(2)21(30-25(16)33)23(35)20-22(19-11-6-12-29-14-19)34(26(37)24(20)36)27-31-32-28(39-27)38-15-18-9-4-3-5-10-18/h3-14,22,35H,15H2,1-2H3/b23-20+. The molecule has 6 rings (SSSR count). The van der Waals surface area contributed by atoms with Crippen LogP contribution in [0.4, 0.5) is 5.13 Å². The molecule has 194 valence electrons. The molecule has 5 heterocycles. The zero-order valence-electron chi connectivity index (χ0n) is 21.0. The van der Waals surface area contributed by atoms with Gasteiger partial charge >= 0.3 is 5.91 Å². The molecule has 1 saturated heterocycles. The number of hydrogen-bond acceptors (Lipinski definition) is 9. The molecule has 1 amide bonds. The van der Waals surface area contributed by atoms with Gasteiger partial charge in [-0.2, -0.15) is 0 Å². The molecular weight excluding hydrogens is 532 g/mol. The van der Waals surface area contributed by atoms with Crippen LogP contribution in [0.15, 0.2) is 83.1 Å². The van der Waals surface area contributed by atoms with E-state index in [0.29, 0.717) is 27.0 Å². The molecule has 1 fully saturated rings. The first-order valence-corrected chi connectivity index (χ1v) is 13.9. The van der Waals surface area contributed by atoms with E-state index < -0.39 is 17.7 Å². The van der Waals surface area contributed by atoms with Crippen molar-refractivity contribution in [2.24, 2.45) is 0 Å². The normalized spacial score (nSPS) is 16.9. The molecule has 1 N–H and O–H groups in total. The lowest BCUT2D eigenvalue weighted by Gasteiger charge is -2.21. The summed E-state index contributed by atoms with van der Waals surface area (Å²) in [6.45, 7) is 3.73. The zero-order valence-corrected chi connectivity index (χ0v) is 22.6. The average molecular weight is 555 g/mol. The second-order valence-corrected chi connectivity index (χ2v) is 11.2. The highest BCUT2D eigenvalue weighted by Crippen LogP contribution is 2.44. The number of carbonyl (C=O) groups excluding carboxylic acids is 2.